The summed E-state index contributed by atoms with van der Waals surface area (Å²) >= 11 is 0. The van der Waals surface area contributed by atoms with Crippen molar-refractivity contribution in [3.63, 3.8) is 0 Å². The minimum absolute atomic E-state index is 0.501. The molecule has 1 aromatic heterocycles. The number of anilines is 1. The van der Waals surface area contributed by atoms with Gasteiger partial charge in [-0.2, -0.15) is 0 Å². The van der Waals surface area contributed by atoms with E-state index in [0.29, 0.717) is 6.04 Å². The van der Waals surface area contributed by atoms with Gasteiger partial charge in [-0.05, 0) is 18.9 Å². The van der Waals surface area contributed by atoms with Crippen LogP contribution in [0.4, 0.5) is 5.95 Å². The fraction of sp³-hybridized carbons (Fsp3) is 0.615. The Labute approximate surface area is 103 Å². The first-order valence-electron chi connectivity index (χ1n) is 6.29. The molecule has 1 saturated carbocycles. The molecule has 1 aliphatic rings. The Bertz CT molecular complexity index is 381. The van der Waals surface area contributed by atoms with Crippen LogP contribution in [0.3, 0.4) is 0 Å². The van der Waals surface area contributed by atoms with Gasteiger partial charge in [-0.1, -0.05) is 19.3 Å². The van der Waals surface area contributed by atoms with Crippen LogP contribution in [0.15, 0.2) is 17.3 Å². The molecule has 1 aliphatic carbocycles. The summed E-state index contributed by atoms with van der Waals surface area (Å²) in [5.74, 6) is 0.734. The highest BCUT2D eigenvalue weighted by molar-refractivity contribution is 5.77. The SMILES string of the molecule is CN(C)c1nccc(/C=N/C2CCCCC2)n1. The van der Waals surface area contributed by atoms with Crippen molar-refractivity contribution in [2.24, 2.45) is 4.99 Å². The molecular weight excluding hydrogens is 212 g/mol. The zero-order valence-corrected chi connectivity index (χ0v) is 10.6. The summed E-state index contributed by atoms with van der Waals surface area (Å²) in [6, 6.07) is 2.40. The van der Waals surface area contributed by atoms with Gasteiger partial charge in [0.15, 0.2) is 0 Å². The molecule has 0 bridgehead atoms. The van der Waals surface area contributed by atoms with Crippen LogP contribution in [0.25, 0.3) is 0 Å². The average molecular weight is 232 g/mol. The molecule has 1 aromatic rings. The topological polar surface area (TPSA) is 41.4 Å². The molecule has 1 fully saturated rings. The van der Waals surface area contributed by atoms with Crippen molar-refractivity contribution in [3.8, 4) is 0 Å². The summed E-state index contributed by atoms with van der Waals surface area (Å²) in [5, 5.41) is 0. The van der Waals surface area contributed by atoms with Crippen LogP contribution in [0.2, 0.25) is 0 Å². The van der Waals surface area contributed by atoms with Crippen LogP contribution in [-0.2, 0) is 0 Å². The maximum Gasteiger partial charge on any atom is 0.225 e. The van der Waals surface area contributed by atoms with Crippen LogP contribution >= 0.6 is 0 Å². The monoisotopic (exact) mass is 232 g/mol. The van der Waals surface area contributed by atoms with Crippen molar-refractivity contribution in [2.45, 2.75) is 38.1 Å². The number of hydrogen-bond acceptors (Lipinski definition) is 4. The van der Waals surface area contributed by atoms with E-state index in [1.165, 1.54) is 32.1 Å². The molecule has 0 N–H and O–H groups in total. The predicted molar refractivity (Wildman–Crippen MR) is 70.8 cm³/mol. The van der Waals surface area contributed by atoms with E-state index in [2.05, 4.69) is 15.0 Å². The van der Waals surface area contributed by atoms with Gasteiger partial charge in [0.1, 0.15) is 0 Å². The maximum absolute atomic E-state index is 4.62. The number of aromatic nitrogens is 2. The van der Waals surface area contributed by atoms with Crippen molar-refractivity contribution < 1.29 is 0 Å². The van der Waals surface area contributed by atoms with Gasteiger partial charge in [0.25, 0.3) is 0 Å². The lowest BCUT2D eigenvalue weighted by Gasteiger charge is -2.17. The van der Waals surface area contributed by atoms with Crippen molar-refractivity contribution in [1.29, 1.82) is 0 Å². The second-order valence-electron chi connectivity index (χ2n) is 4.75. The predicted octanol–water partition coefficient (Wildman–Crippen LogP) is 2.29. The van der Waals surface area contributed by atoms with Crippen molar-refractivity contribution in [1.82, 2.24) is 9.97 Å². The molecule has 0 amide bonds. The van der Waals surface area contributed by atoms with E-state index >= 15 is 0 Å². The van der Waals surface area contributed by atoms with Crippen LogP contribution in [-0.4, -0.2) is 36.3 Å². The highest BCUT2D eigenvalue weighted by Gasteiger charge is 2.10. The summed E-state index contributed by atoms with van der Waals surface area (Å²) in [6.07, 6.45) is 10.1. The molecule has 0 spiro atoms. The van der Waals surface area contributed by atoms with Gasteiger partial charge in [0.2, 0.25) is 5.95 Å². The molecule has 0 aliphatic heterocycles. The molecular formula is C13H20N4. The third-order valence-corrected chi connectivity index (χ3v) is 3.06. The minimum Gasteiger partial charge on any atom is -0.347 e. The third-order valence-electron chi connectivity index (χ3n) is 3.06. The van der Waals surface area contributed by atoms with Gasteiger partial charge in [0.05, 0.1) is 11.7 Å². The van der Waals surface area contributed by atoms with Crippen molar-refractivity contribution in [3.05, 3.63) is 18.0 Å². The second kappa shape index (κ2) is 5.75. The number of aliphatic imine (C=N–C) groups is 1. The van der Waals surface area contributed by atoms with Crippen LogP contribution in [0.1, 0.15) is 37.8 Å². The van der Waals surface area contributed by atoms with E-state index in [9.17, 15) is 0 Å². The quantitative estimate of drug-likeness (QED) is 0.751. The van der Waals surface area contributed by atoms with Gasteiger partial charge in [0, 0.05) is 26.5 Å². The van der Waals surface area contributed by atoms with E-state index in [-0.39, 0.29) is 0 Å². The molecule has 0 radical (unpaired) electrons. The number of rotatable bonds is 3. The smallest absolute Gasteiger partial charge is 0.225 e. The van der Waals surface area contributed by atoms with E-state index in [1.807, 2.05) is 31.3 Å². The number of nitrogens with zero attached hydrogens (tertiary/aromatic N) is 4. The molecule has 4 nitrogen and oxygen atoms in total. The van der Waals surface area contributed by atoms with E-state index in [1.54, 1.807) is 6.20 Å². The molecule has 4 heteroatoms. The van der Waals surface area contributed by atoms with Crippen LogP contribution in [0.5, 0.6) is 0 Å². The Kier molecular flexibility index (Phi) is 4.07. The lowest BCUT2D eigenvalue weighted by molar-refractivity contribution is 0.444. The zero-order valence-electron chi connectivity index (χ0n) is 10.6. The molecule has 0 aromatic carbocycles. The highest BCUT2D eigenvalue weighted by atomic mass is 15.2. The standard InChI is InChI=1S/C13H20N4/c1-17(2)13-14-9-8-12(16-13)10-15-11-6-4-3-5-7-11/h8-11H,3-7H2,1-2H3/b15-10+. The summed E-state index contributed by atoms with van der Waals surface area (Å²) in [6.45, 7) is 0. The molecule has 92 valence electrons. The molecule has 0 saturated heterocycles. The Morgan fingerprint density at radius 2 is 2.06 bits per heavy atom. The van der Waals surface area contributed by atoms with Crippen molar-refractivity contribution in [2.75, 3.05) is 19.0 Å². The van der Waals surface area contributed by atoms with E-state index in [4.69, 9.17) is 0 Å². The minimum atomic E-state index is 0.501. The van der Waals surface area contributed by atoms with E-state index in [0.717, 1.165) is 11.6 Å². The fourth-order valence-corrected chi connectivity index (χ4v) is 2.06. The first-order valence-corrected chi connectivity index (χ1v) is 6.29. The molecule has 0 unspecified atom stereocenters. The molecule has 17 heavy (non-hydrogen) atoms. The Morgan fingerprint density at radius 1 is 1.29 bits per heavy atom. The molecule has 1 heterocycles. The second-order valence-corrected chi connectivity index (χ2v) is 4.75. The maximum atomic E-state index is 4.62. The summed E-state index contributed by atoms with van der Waals surface area (Å²) < 4.78 is 0. The lowest BCUT2D eigenvalue weighted by Crippen LogP contribution is -2.13. The average Bonchev–Trinajstić information content (AvgIpc) is 2.38. The zero-order chi connectivity index (χ0) is 12.1. The van der Waals surface area contributed by atoms with Crippen LogP contribution < -0.4 is 4.90 Å². The largest absolute Gasteiger partial charge is 0.347 e. The molecule has 2 rings (SSSR count). The summed E-state index contributed by atoms with van der Waals surface area (Å²) in [4.78, 5) is 15.1. The Hall–Kier alpha value is -1.45. The van der Waals surface area contributed by atoms with E-state index < -0.39 is 0 Å². The summed E-state index contributed by atoms with van der Waals surface area (Å²) in [7, 11) is 3.88. The van der Waals surface area contributed by atoms with Gasteiger partial charge >= 0.3 is 0 Å². The van der Waals surface area contributed by atoms with Gasteiger partial charge < -0.3 is 4.90 Å². The Balaban J connectivity index is 2.01. The highest BCUT2D eigenvalue weighted by Crippen LogP contribution is 2.20. The van der Waals surface area contributed by atoms with Crippen molar-refractivity contribution >= 4 is 12.2 Å². The van der Waals surface area contributed by atoms with Gasteiger partial charge in [-0.15, -0.1) is 0 Å². The number of hydrogen-bond donors (Lipinski definition) is 0. The normalized spacial score (nSPS) is 17.5. The lowest BCUT2D eigenvalue weighted by atomic mass is 9.96. The van der Waals surface area contributed by atoms with Crippen LogP contribution in [0, 0.1) is 0 Å². The molecule has 0 atom stereocenters. The third kappa shape index (κ3) is 3.51. The van der Waals surface area contributed by atoms with Gasteiger partial charge in [-0.25, -0.2) is 9.97 Å². The fourth-order valence-electron chi connectivity index (χ4n) is 2.06. The first-order chi connectivity index (χ1) is 8.25. The first kappa shape index (κ1) is 12.0. The summed E-state index contributed by atoms with van der Waals surface area (Å²) in [5.41, 5.74) is 0.897. The van der Waals surface area contributed by atoms with Gasteiger partial charge in [-0.3, -0.25) is 4.99 Å². The Morgan fingerprint density at radius 3 is 2.76 bits per heavy atom.